The number of hydrogen-bond donors (Lipinski definition) is 9. The van der Waals surface area contributed by atoms with Crippen molar-refractivity contribution in [2.75, 3.05) is 19.8 Å². The lowest BCUT2D eigenvalue weighted by atomic mass is 10.0. The monoisotopic (exact) mass is 418 g/mol. The SMILES string of the molecule is CC(=O)O[C@@H](C=O)[C@@H](O)[C@H](O)CO.CCO.O=C[C@H](O)[C@@H](O)[C@H](O)[C@H](O)CO. The van der Waals surface area contributed by atoms with Crippen molar-refractivity contribution in [3.8, 4) is 0 Å². The molecule has 0 radical (unpaired) electrons. The second-order valence-corrected chi connectivity index (χ2v) is 5.12. The predicted molar refractivity (Wildman–Crippen MR) is 90.7 cm³/mol. The van der Waals surface area contributed by atoms with Gasteiger partial charge in [0.1, 0.15) is 36.6 Å². The Balaban J connectivity index is -0.000000392. The summed E-state index contributed by atoms with van der Waals surface area (Å²) < 4.78 is 4.36. The molecule has 0 fully saturated rings. The predicted octanol–water partition coefficient (Wildman–Crippen LogP) is -5.55. The summed E-state index contributed by atoms with van der Waals surface area (Å²) in [6, 6.07) is 0. The highest BCUT2D eigenvalue weighted by Gasteiger charge is 2.29. The third-order valence-corrected chi connectivity index (χ3v) is 2.77. The number of rotatable bonds is 10. The van der Waals surface area contributed by atoms with Gasteiger partial charge in [-0.2, -0.15) is 0 Å². The minimum atomic E-state index is -1.79. The number of aldehydes is 2. The third-order valence-electron chi connectivity index (χ3n) is 2.77. The van der Waals surface area contributed by atoms with Crippen LogP contribution in [0.25, 0.3) is 0 Å². The Morgan fingerprint density at radius 1 is 0.821 bits per heavy atom. The summed E-state index contributed by atoms with van der Waals surface area (Å²) in [5.74, 6) is -0.749. The number of esters is 1. The van der Waals surface area contributed by atoms with Crippen molar-refractivity contribution in [1.82, 2.24) is 0 Å². The summed E-state index contributed by atoms with van der Waals surface area (Å²) in [4.78, 5) is 30.6. The molecule has 0 aliphatic heterocycles. The van der Waals surface area contributed by atoms with E-state index in [0.717, 1.165) is 6.92 Å². The van der Waals surface area contributed by atoms with E-state index in [1.54, 1.807) is 6.92 Å². The quantitative estimate of drug-likeness (QED) is 0.119. The Morgan fingerprint density at radius 2 is 1.21 bits per heavy atom. The number of hydrogen-bond acceptors (Lipinski definition) is 13. The summed E-state index contributed by atoms with van der Waals surface area (Å²) in [5.41, 5.74) is 0. The molecule has 0 unspecified atom stereocenters. The molecule has 0 heterocycles. The van der Waals surface area contributed by atoms with Gasteiger partial charge >= 0.3 is 5.97 Å². The van der Waals surface area contributed by atoms with Gasteiger partial charge in [-0.3, -0.25) is 9.59 Å². The summed E-state index contributed by atoms with van der Waals surface area (Å²) in [7, 11) is 0. The van der Waals surface area contributed by atoms with Crippen molar-refractivity contribution in [3.05, 3.63) is 0 Å². The van der Waals surface area contributed by atoms with Crippen LogP contribution in [0.5, 0.6) is 0 Å². The summed E-state index contributed by atoms with van der Waals surface area (Å²) in [5, 5.41) is 77.5. The molecule has 0 saturated heterocycles. The molecule has 13 nitrogen and oxygen atoms in total. The lowest BCUT2D eigenvalue weighted by molar-refractivity contribution is -0.161. The van der Waals surface area contributed by atoms with E-state index in [-0.39, 0.29) is 19.2 Å². The Hall–Kier alpha value is -1.55. The van der Waals surface area contributed by atoms with Crippen LogP contribution >= 0.6 is 0 Å². The van der Waals surface area contributed by atoms with Crippen molar-refractivity contribution in [1.29, 1.82) is 0 Å². The van der Waals surface area contributed by atoms with Gasteiger partial charge in [0.2, 0.25) is 0 Å². The molecular formula is C15H30O13. The maximum absolute atomic E-state index is 10.4. The fourth-order valence-electron chi connectivity index (χ4n) is 1.31. The van der Waals surface area contributed by atoms with E-state index >= 15 is 0 Å². The van der Waals surface area contributed by atoms with Crippen LogP contribution in [0.15, 0.2) is 0 Å². The van der Waals surface area contributed by atoms with E-state index in [4.69, 9.17) is 46.0 Å². The fraction of sp³-hybridized carbons (Fsp3) is 0.800. The molecule has 0 aromatic rings. The molecule has 0 aromatic carbocycles. The highest BCUT2D eigenvalue weighted by molar-refractivity contribution is 5.70. The molecule has 9 N–H and O–H groups in total. The van der Waals surface area contributed by atoms with Crippen molar-refractivity contribution in [2.45, 2.75) is 56.6 Å². The molecule has 0 bridgehead atoms. The van der Waals surface area contributed by atoms with Gasteiger partial charge in [0, 0.05) is 13.5 Å². The molecule has 168 valence electrons. The van der Waals surface area contributed by atoms with Crippen LogP contribution in [0, 0.1) is 0 Å². The number of aliphatic hydroxyl groups excluding tert-OH is 9. The summed E-state index contributed by atoms with van der Waals surface area (Å²) >= 11 is 0. The maximum atomic E-state index is 10.4. The first kappa shape index (κ1) is 31.2. The Bertz CT molecular complexity index is 405. The lowest BCUT2D eigenvalue weighted by Gasteiger charge is -2.22. The second kappa shape index (κ2) is 18.8. The molecule has 28 heavy (non-hydrogen) atoms. The van der Waals surface area contributed by atoms with E-state index in [1.807, 2.05) is 0 Å². The van der Waals surface area contributed by atoms with Gasteiger partial charge in [-0.15, -0.1) is 0 Å². The van der Waals surface area contributed by atoms with E-state index in [1.165, 1.54) is 0 Å². The molecular weight excluding hydrogens is 388 g/mol. The Labute approximate surface area is 161 Å². The highest BCUT2D eigenvalue weighted by Crippen LogP contribution is 2.03. The van der Waals surface area contributed by atoms with Crippen molar-refractivity contribution in [2.24, 2.45) is 0 Å². The van der Waals surface area contributed by atoms with Gasteiger partial charge in [-0.1, -0.05) is 0 Å². The van der Waals surface area contributed by atoms with Crippen LogP contribution in [0.4, 0.5) is 0 Å². The average Bonchev–Trinajstić information content (AvgIpc) is 2.69. The zero-order chi connectivity index (χ0) is 22.9. The van der Waals surface area contributed by atoms with Gasteiger partial charge < -0.3 is 55.5 Å². The van der Waals surface area contributed by atoms with Crippen molar-refractivity contribution in [3.63, 3.8) is 0 Å². The van der Waals surface area contributed by atoms with Crippen LogP contribution in [0.1, 0.15) is 13.8 Å². The number of carbonyl (C=O) groups is 3. The second-order valence-electron chi connectivity index (χ2n) is 5.12. The number of aliphatic hydroxyl groups is 9. The number of carbonyl (C=O) groups excluding carboxylic acids is 3. The Morgan fingerprint density at radius 3 is 1.50 bits per heavy atom. The summed E-state index contributed by atoms with van der Waals surface area (Å²) in [6.45, 7) is 1.52. The third kappa shape index (κ3) is 14.5. The van der Waals surface area contributed by atoms with Crippen LogP contribution in [-0.2, 0) is 19.1 Å². The molecule has 7 atom stereocenters. The molecule has 0 saturated carbocycles. The molecule has 0 amide bonds. The van der Waals surface area contributed by atoms with Gasteiger partial charge in [0.25, 0.3) is 0 Å². The van der Waals surface area contributed by atoms with E-state index < -0.39 is 61.9 Å². The first-order chi connectivity index (χ1) is 13.0. The normalized spacial score (nSPS) is 17.7. The smallest absolute Gasteiger partial charge is 0.303 e. The van der Waals surface area contributed by atoms with Crippen LogP contribution in [0.2, 0.25) is 0 Å². The molecule has 0 aliphatic carbocycles. The number of ether oxygens (including phenoxy) is 1. The molecule has 0 spiro atoms. The molecule has 0 aromatic heterocycles. The largest absolute Gasteiger partial charge is 0.452 e. The Kier molecular flexibility index (Phi) is 20.9. The first-order valence-electron chi connectivity index (χ1n) is 7.97. The zero-order valence-corrected chi connectivity index (χ0v) is 15.5. The van der Waals surface area contributed by atoms with Gasteiger partial charge in [0.05, 0.1) is 13.2 Å². The molecule has 13 heteroatoms. The van der Waals surface area contributed by atoms with Gasteiger partial charge in [-0.25, -0.2) is 0 Å². The zero-order valence-electron chi connectivity index (χ0n) is 15.5. The summed E-state index contributed by atoms with van der Waals surface area (Å²) in [6.07, 6.45) is -11.2. The van der Waals surface area contributed by atoms with E-state index in [2.05, 4.69) is 4.74 Å². The van der Waals surface area contributed by atoms with E-state index in [0.29, 0.717) is 0 Å². The van der Waals surface area contributed by atoms with Crippen molar-refractivity contribution < 1.29 is 65.1 Å². The van der Waals surface area contributed by atoms with E-state index in [9.17, 15) is 14.4 Å². The van der Waals surface area contributed by atoms with Gasteiger partial charge in [0.15, 0.2) is 18.7 Å². The van der Waals surface area contributed by atoms with Crippen LogP contribution < -0.4 is 0 Å². The molecule has 0 rings (SSSR count). The minimum Gasteiger partial charge on any atom is -0.452 e. The first-order valence-corrected chi connectivity index (χ1v) is 7.97. The molecule has 0 aliphatic rings. The lowest BCUT2D eigenvalue weighted by Crippen LogP contribution is -2.46. The fourth-order valence-corrected chi connectivity index (χ4v) is 1.31. The van der Waals surface area contributed by atoms with Crippen molar-refractivity contribution >= 4 is 18.5 Å². The van der Waals surface area contributed by atoms with Crippen LogP contribution in [-0.4, -0.2) is 127 Å². The van der Waals surface area contributed by atoms with Crippen LogP contribution in [0.3, 0.4) is 0 Å². The minimum absolute atomic E-state index is 0.0258. The maximum Gasteiger partial charge on any atom is 0.303 e. The average molecular weight is 418 g/mol. The highest BCUT2D eigenvalue weighted by atomic mass is 16.6. The topological polar surface area (TPSA) is 243 Å². The van der Waals surface area contributed by atoms with Gasteiger partial charge in [-0.05, 0) is 6.92 Å². The standard InChI is InChI=1S/C7H12O6.C6H12O6.C2H6O/c1-4(10)13-6(3-9)7(12)5(11)2-8;7-1-3(9)5(11)6(12)4(10)2-8;1-2-3/h3,5-8,11-12H,2H2,1H3;1,3-6,8-12H,2H2;3H,2H2,1H3/t5-,6+,7+;3-,4+,5+,6+;/m10./s1.